The zero-order chi connectivity index (χ0) is 19.7. The first-order chi connectivity index (χ1) is 12.7. The third-order valence-electron chi connectivity index (χ3n) is 4.08. The van der Waals surface area contributed by atoms with Crippen LogP contribution in [0.1, 0.15) is 17.5 Å². The van der Waals surface area contributed by atoms with Crippen molar-refractivity contribution in [2.75, 3.05) is 6.61 Å². The molecule has 2 aliphatic heterocycles. The van der Waals surface area contributed by atoms with E-state index in [9.17, 15) is 22.1 Å². The molecule has 0 saturated heterocycles. The van der Waals surface area contributed by atoms with Crippen LogP contribution in [0.2, 0.25) is 0 Å². The molecule has 1 N–H and O–H groups in total. The number of hydrogen-bond acceptors (Lipinski definition) is 3. The van der Waals surface area contributed by atoms with Gasteiger partial charge in [0.2, 0.25) is 0 Å². The molecule has 1 atom stereocenters. The molecule has 0 saturated carbocycles. The molecule has 0 aliphatic carbocycles. The topological polar surface area (TPSA) is 53.7 Å². The number of ether oxygens (including phenoxy) is 1. The van der Waals surface area contributed by atoms with E-state index < -0.39 is 12.9 Å². The van der Waals surface area contributed by atoms with Crippen LogP contribution in [0.25, 0.3) is 0 Å². The molecule has 2 heterocycles. The van der Waals surface area contributed by atoms with Gasteiger partial charge < -0.3 is 22.0 Å². The Morgan fingerprint density at radius 1 is 1.15 bits per heavy atom. The highest BCUT2D eigenvalue weighted by atomic mass is 19.5. The summed E-state index contributed by atoms with van der Waals surface area (Å²) in [5.74, 6) is 0.796. The molecule has 2 aromatic rings. The number of fused-ring (bicyclic) bond motifs is 2. The Balaban J connectivity index is 0.000000376. The summed E-state index contributed by atoms with van der Waals surface area (Å²) in [6.45, 7) is 2.55. The van der Waals surface area contributed by atoms with E-state index in [1.54, 1.807) is 0 Å². The normalized spacial score (nSPS) is 20.8. The number of benzene rings is 2. The molecular weight excluding hydrogens is 365 g/mol. The van der Waals surface area contributed by atoms with Crippen molar-refractivity contribution in [3.8, 4) is 5.75 Å². The monoisotopic (exact) mass is 381 g/mol. The third kappa shape index (κ3) is 4.26. The van der Waals surface area contributed by atoms with Crippen molar-refractivity contribution in [3.05, 3.63) is 59.7 Å². The Morgan fingerprint density at radius 3 is 2.48 bits per heavy atom. The molecule has 1 unspecified atom stereocenters. The number of aryl methyl sites for hydroxylation is 1. The number of halogens is 4. The van der Waals surface area contributed by atoms with Crippen molar-refractivity contribution >= 4 is 19.0 Å². The van der Waals surface area contributed by atoms with E-state index in [-0.39, 0.29) is 6.03 Å². The quantitative estimate of drug-likeness (QED) is 0.440. The first-order valence-electron chi connectivity index (χ1n) is 8.19. The van der Waals surface area contributed by atoms with Crippen LogP contribution in [-0.2, 0) is 5.66 Å². The summed E-state index contributed by atoms with van der Waals surface area (Å²) in [4.78, 5) is 12.4. The Morgan fingerprint density at radius 2 is 1.81 bits per heavy atom. The van der Waals surface area contributed by atoms with E-state index >= 15 is 0 Å². The second-order valence-electron chi connectivity index (χ2n) is 6.13. The van der Waals surface area contributed by atoms with Crippen molar-refractivity contribution in [2.24, 2.45) is 5.11 Å². The molecule has 0 fully saturated rings. The Bertz CT molecular complexity index is 883. The number of azo groups is 2. The zero-order valence-corrected chi connectivity index (χ0v) is 14.3. The smallest absolute Gasteiger partial charge is 0.493 e. The fourth-order valence-corrected chi connectivity index (χ4v) is 2.98. The summed E-state index contributed by atoms with van der Waals surface area (Å²) >= 11 is 0. The summed E-state index contributed by atoms with van der Waals surface area (Å²) in [7, 11) is -6.00. The molecule has 4 rings (SSSR count). The van der Waals surface area contributed by atoms with Gasteiger partial charge in [-0.2, -0.15) is 4.79 Å². The molecule has 2 aliphatic rings. The van der Waals surface area contributed by atoms with Crippen molar-refractivity contribution < 1.29 is 31.5 Å². The second kappa shape index (κ2) is 7.01. The number of carbonyl (C=O) groups excluding carboxylic acids is 1. The highest BCUT2D eigenvalue weighted by Gasteiger charge is 2.52. The summed E-state index contributed by atoms with van der Waals surface area (Å²) in [6.07, 6.45) is 0.623. The summed E-state index contributed by atoms with van der Waals surface area (Å²) < 4.78 is 46.2. The largest absolute Gasteiger partial charge is 0.673 e. The molecule has 2 amide bonds. The molecule has 10 heteroatoms. The van der Waals surface area contributed by atoms with E-state index in [0.717, 1.165) is 22.6 Å². The SMILES string of the molecule is Cc1ccc2c(c1)OCCC21N=[N+](c2ccccc2)C(=O)N1.F[B-](F)(F)F. The highest BCUT2D eigenvalue weighted by Crippen LogP contribution is 2.41. The van der Waals surface area contributed by atoms with Crippen LogP contribution in [0, 0.1) is 6.92 Å². The molecule has 0 aromatic heterocycles. The molecule has 0 bridgehead atoms. The lowest BCUT2D eigenvalue weighted by Gasteiger charge is -2.27. The number of amides is 2. The lowest BCUT2D eigenvalue weighted by atomic mass is 9.93. The predicted octanol–water partition coefficient (Wildman–Crippen LogP) is 4.75. The zero-order valence-electron chi connectivity index (χ0n) is 14.3. The number of urea groups is 1. The van der Waals surface area contributed by atoms with Gasteiger partial charge in [-0.05, 0) is 36.8 Å². The van der Waals surface area contributed by atoms with Crippen molar-refractivity contribution in [1.29, 1.82) is 0 Å². The summed E-state index contributed by atoms with van der Waals surface area (Å²) in [5, 5.41) is 7.73. The van der Waals surface area contributed by atoms with Crippen molar-refractivity contribution in [2.45, 2.75) is 19.0 Å². The Labute approximate surface area is 152 Å². The number of carbonyl (C=O) groups is 1. The lowest BCUT2D eigenvalue weighted by Crippen LogP contribution is -2.43. The van der Waals surface area contributed by atoms with Gasteiger partial charge in [0.05, 0.1) is 18.6 Å². The number of nitrogens with zero attached hydrogens (tertiary/aromatic N) is 2. The maximum atomic E-state index is 12.4. The molecule has 2 aromatic carbocycles. The van der Waals surface area contributed by atoms with Gasteiger partial charge in [0.25, 0.3) is 5.66 Å². The number of nitrogens with one attached hydrogen (secondary N) is 1. The number of hydrogen-bond donors (Lipinski definition) is 1. The van der Waals surface area contributed by atoms with E-state index in [1.165, 1.54) is 4.70 Å². The minimum atomic E-state index is -6.00. The molecule has 27 heavy (non-hydrogen) atoms. The first kappa shape index (κ1) is 18.9. The number of para-hydroxylation sites is 1. The van der Waals surface area contributed by atoms with Crippen molar-refractivity contribution in [1.82, 2.24) is 5.32 Å². The van der Waals surface area contributed by atoms with Crippen LogP contribution in [0.15, 0.2) is 53.6 Å². The van der Waals surface area contributed by atoms with Crippen LogP contribution < -0.4 is 10.1 Å². The third-order valence-corrected chi connectivity index (χ3v) is 4.08. The lowest BCUT2D eigenvalue weighted by molar-refractivity contribution is -0.404. The van der Waals surface area contributed by atoms with Gasteiger partial charge in [0, 0.05) is 0 Å². The summed E-state index contributed by atoms with van der Waals surface area (Å²) in [5.41, 5.74) is 2.07. The Hall–Kier alpha value is -2.91. The average Bonchev–Trinajstić information content (AvgIpc) is 2.91. The molecule has 0 radical (unpaired) electrons. The maximum Gasteiger partial charge on any atom is 0.673 e. The van der Waals surface area contributed by atoms with E-state index in [4.69, 9.17) is 9.85 Å². The molecule has 5 nitrogen and oxygen atoms in total. The molecular formula is C17H16BF4N3O2. The fourth-order valence-electron chi connectivity index (χ4n) is 2.98. The number of rotatable bonds is 1. The van der Waals surface area contributed by atoms with Gasteiger partial charge in [0.1, 0.15) is 5.75 Å². The highest BCUT2D eigenvalue weighted by molar-refractivity contribution is 6.50. The minimum absolute atomic E-state index is 0.209. The second-order valence-corrected chi connectivity index (χ2v) is 6.13. The molecule has 1 spiro atoms. The predicted molar refractivity (Wildman–Crippen MR) is 90.5 cm³/mol. The van der Waals surface area contributed by atoms with E-state index in [1.807, 2.05) is 55.5 Å². The standard InChI is InChI=1S/C17H15N3O2.BF4/c1-12-7-8-14-15(11-12)22-10-9-17(14)18-16(21)20(19-17)13-5-3-2-4-6-13;2-1(3,4)5/h2-8,11H,9-10H2,1H3;/q;-1/p+1. The van der Waals surface area contributed by atoms with Gasteiger partial charge >= 0.3 is 13.3 Å². The van der Waals surface area contributed by atoms with Crippen LogP contribution in [0.3, 0.4) is 0 Å². The van der Waals surface area contributed by atoms with Gasteiger partial charge in [-0.1, -0.05) is 34.1 Å². The Kier molecular flexibility index (Phi) is 4.90. The van der Waals surface area contributed by atoms with Crippen LogP contribution in [0.5, 0.6) is 5.75 Å². The van der Waals surface area contributed by atoms with Gasteiger partial charge in [-0.15, -0.1) is 0 Å². The van der Waals surface area contributed by atoms with Gasteiger partial charge in [-0.3, -0.25) is 0 Å². The van der Waals surface area contributed by atoms with Crippen LogP contribution >= 0.6 is 0 Å². The van der Waals surface area contributed by atoms with Gasteiger partial charge in [0.15, 0.2) is 5.69 Å². The van der Waals surface area contributed by atoms with E-state index in [0.29, 0.717) is 13.0 Å². The summed E-state index contributed by atoms with van der Waals surface area (Å²) in [6, 6.07) is 15.2. The first-order valence-corrected chi connectivity index (χ1v) is 8.19. The average molecular weight is 381 g/mol. The van der Waals surface area contributed by atoms with Gasteiger partial charge in [-0.25, -0.2) is 5.32 Å². The van der Waals surface area contributed by atoms with Crippen LogP contribution in [-0.4, -0.2) is 24.6 Å². The fraction of sp³-hybridized carbons (Fsp3) is 0.235. The van der Waals surface area contributed by atoms with Crippen LogP contribution in [0.4, 0.5) is 27.7 Å². The van der Waals surface area contributed by atoms with Crippen molar-refractivity contribution in [3.63, 3.8) is 0 Å². The maximum absolute atomic E-state index is 12.4. The minimum Gasteiger partial charge on any atom is -0.493 e. The molecule has 142 valence electrons. The van der Waals surface area contributed by atoms with E-state index in [2.05, 4.69) is 5.32 Å².